The third-order valence-electron chi connectivity index (χ3n) is 4.52. The summed E-state index contributed by atoms with van der Waals surface area (Å²) in [6, 6.07) is 11.6. The lowest BCUT2D eigenvalue weighted by molar-refractivity contribution is -0.122. The lowest BCUT2D eigenvalue weighted by Gasteiger charge is -2.34. The van der Waals surface area contributed by atoms with Crippen molar-refractivity contribution in [2.24, 2.45) is 5.10 Å². The molecule has 1 aliphatic rings. The quantitative estimate of drug-likeness (QED) is 0.572. The van der Waals surface area contributed by atoms with E-state index in [9.17, 15) is 4.79 Å². The van der Waals surface area contributed by atoms with Gasteiger partial charge in [-0.1, -0.05) is 23.7 Å². The van der Waals surface area contributed by atoms with E-state index in [1.807, 2.05) is 37.3 Å². The Labute approximate surface area is 170 Å². The van der Waals surface area contributed by atoms with Gasteiger partial charge in [-0.25, -0.2) is 5.43 Å². The van der Waals surface area contributed by atoms with Gasteiger partial charge in [0.2, 0.25) is 0 Å². The molecule has 0 bridgehead atoms. The van der Waals surface area contributed by atoms with Gasteiger partial charge in [-0.15, -0.1) is 0 Å². The normalized spacial score (nSPS) is 16.6. The van der Waals surface area contributed by atoms with Gasteiger partial charge in [0.25, 0.3) is 5.91 Å². The van der Waals surface area contributed by atoms with Gasteiger partial charge >= 0.3 is 0 Å². The van der Waals surface area contributed by atoms with Crippen molar-refractivity contribution < 1.29 is 9.21 Å². The summed E-state index contributed by atoms with van der Waals surface area (Å²) in [5.74, 6) is 0.653. The molecule has 2 aromatic rings. The van der Waals surface area contributed by atoms with Crippen LogP contribution >= 0.6 is 11.6 Å². The van der Waals surface area contributed by atoms with Gasteiger partial charge in [-0.2, -0.15) is 5.10 Å². The maximum atomic E-state index is 12.1. The first kappa shape index (κ1) is 20.3. The first-order valence-corrected chi connectivity index (χ1v) is 9.69. The minimum atomic E-state index is -0.104. The number of nitrogens with zero attached hydrogens (tertiary/aromatic N) is 3. The highest BCUT2D eigenvalue weighted by Gasteiger charge is 2.18. The number of hydrazone groups is 1. The van der Waals surface area contributed by atoms with E-state index in [0.717, 1.165) is 49.1 Å². The molecule has 6 nitrogen and oxygen atoms in total. The number of rotatable bonds is 7. The number of amides is 1. The Morgan fingerprint density at radius 2 is 1.89 bits per heavy atom. The molecule has 2 heterocycles. The number of hydrogen-bond acceptors (Lipinski definition) is 5. The van der Waals surface area contributed by atoms with Crippen molar-refractivity contribution in [2.45, 2.75) is 13.5 Å². The van der Waals surface area contributed by atoms with E-state index in [4.69, 9.17) is 16.0 Å². The van der Waals surface area contributed by atoms with Crippen LogP contribution in [0.2, 0.25) is 5.02 Å². The highest BCUT2D eigenvalue weighted by atomic mass is 35.5. The van der Waals surface area contributed by atoms with Crippen LogP contribution in [-0.2, 0) is 11.3 Å². The van der Waals surface area contributed by atoms with E-state index in [2.05, 4.69) is 32.5 Å². The van der Waals surface area contributed by atoms with Crippen LogP contribution in [0.1, 0.15) is 18.2 Å². The molecule has 3 rings (SSSR count). The number of piperazine rings is 1. The van der Waals surface area contributed by atoms with Crippen LogP contribution in [-0.4, -0.2) is 54.6 Å². The molecular weight excluding hydrogens is 376 g/mol. The molecule has 0 spiro atoms. The van der Waals surface area contributed by atoms with Crippen molar-refractivity contribution in [2.75, 3.05) is 32.7 Å². The van der Waals surface area contributed by atoms with Crippen LogP contribution in [0.4, 0.5) is 0 Å². The highest BCUT2D eigenvalue weighted by molar-refractivity contribution is 6.30. The summed E-state index contributed by atoms with van der Waals surface area (Å²) in [7, 11) is 0. The number of allylic oxidation sites excluding steroid dienone is 1. The monoisotopic (exact) mass is 400 g/mol. The van der Waals surface area contributed by atoms with Crippen LogP contribution in [0.3, 0.4) is 0 Å². The summed E-state index contributed by atoms with van der Waals surface area (Å²) in [5, 5.41) is 4.77. The van der Waals surface area contributed by atoms with Gasteiger partial charge < -0.3 is 4.42 Å². The largest absolute Gasteiger partial charge is 0.465 e. The topological polar surface area (TPSA) is 61.1 Å². The molecule has 1 N–H and O–H groups in total. The second kappa shape index (κ2) is 10.2. The molecule has 0 aliphatic carbocycles. The lowest BCUT2D eigenvalue weighted by atomic mass is 10.2. The van der Waals surface area contributed by atoms with Crippen molar-refractivity contribution in [1.29, 1.82) is 0 Å². The molecule has 1 aliphatic heterocycles. The van der Waals surface area contributed by atoms with E-state index >= 15 is 0 Å². The van der Waals surface area contributed by atoms with Gasteiger partial charge in [0.15, 0.2) is 0 Å². The van der Waals surface area contributed by atoms with E-state index in [-0.39, 0.29) is 5.91 Å². The van der Waals surface area contributed by atoms with Gasteiger partial charge in [0.05, 0.1) is 19.0 Å². The predicted octanol–water partition coefficient (Wildman–Crippen LogP) is 3.26. The van der Waals surface area contributed by atoms with Crippen molar-refractivity contribution >= 4 is 29.8 Å². The summed E-state index contributed by atoms with van der Waals surface area (Å²) >= 11 is 5.93. The number of benzene rings is 1. The van der Waals surface area contributed by atoms with Crippen molar-refractivity contribution in [3.63, 3.8) is 0 Å². The number of carbonyl (C=O) groups is 1. The second-order valence-corrected chi connectivity index (χ2v) is 7.31. The van der Waals surface area contributed by atoms with E-state index in [0.29, 0.717) is 6.54 Å². The molecule has 1 aromatic heterocycles. The highest BCUT2D eigenvalue weighted by Crippen LogP contribution is 2.13. The van der Waals surface area contributed by atoms with Crippen LogP contribution in [0.25, 0.3) is 6.08 Å². The smallest absolute Gasteiger partial charge is 0.254 e. The second-order valence-electron chi connectivity index (χ2n) is 6.88. The molecule has 1 saturated heterocycles. The SMILES string of the molecule is C/C(C=NNC(=O)CN1CCN(Cc2ccc(Cl)cc2)CC1)=C\c1ccco1. The molecular formula is C21H25ClN4O2. The molecule has 0 atom stereocenters. The molecule has 1 amide bonds. The van der Waals surface area contributed by atoms with Gasteiger partial charge in [0, 0.05) is 37.7 Å². The molecule has 28 heavy (non-hydrogen) atoms. The molecule has 0 unspecified atom stereocenters. The third kappa shape index (κ3) is 6.64. The first-order chi connectivity index (χ1) is 13.6. The zero-order chi connectivity index (χ0) is 19.8. The fourth-order valence-corrected chi connectivity index (χ4v) is 3.16. The van der Waals surface area contributed by atoms with Crippen LogP contribution in [0.15, 0.2) is 57.8 Å². The summed E-state index contributed by atoms with van der Waals surface area (Å²) < 4.78 is 5.24. The predicted molar refractivity (Wildman–Crippen MR) is 112 cm³/mol. The summed E-state index contributed by atoms with van der Waals surface area (Å²) in [4.78, 5) is 16.6. The average Bonchev–Trinajstić information content (AvgIpc) is 3.18. The van der Waals surface area contributed by atoms with Crippen LogP contribution < -0.4 is 5.43 Å². The number of hydrogen-bond donors (Lipinski definition) is 1. The zero-order valence-electron chi connectivity index (χ0n) is 16.0. The minimum Gasteiger partial charge on any atom is -0.465 e. The maximum Gasteiger partial charge on any atom is 0.254 e. The maximum absolute atomic E-state index is 12.1. The molecule has 0 saturated carbocycles. The minimum absolute atomic E-state index is 0.104. The first-order valence-electron chi connectivity index (χ1n) is 9.31. The zero-order valence-corrected chi connectivity index (χ0v) is 16.7. The number of carbonyl (C=O) groups excluding carboxylic acids is 1. The lowest BCUT2D eigenvalue weighted by Crippen LogP contribution is -2.48. The Kier molecular flexibility index (Phi) is 7.42. The molecule has 0 radical (unpaired) electrons. The van der Waals surface area contributed by atoms with Crippen molar-refractivity contribution in [3.8, 4) is 0 Å². The van der Waals surface area contributed by atoms with Gasteiger partial charge in [0.1, 0.15) is 5.76 Å². The Balaban J connectivity index is 1.36. The Morgan fingerprint density at radius 3 is 2.57 bits per heavy atom. The van der Waals surface area contributed by atoms with Crippen molar-refractivity contribution in [1.82, 2.24) is 15.2 Å². The molecule has 1 fully saturated rings. The van der Waals surface area contributed by atoms with E-state index in [1.165, 1.54) is 5.56 Å². The fourth-order valence-electron chi connectivity index (χ4n) is 3.03. The number of furan rings is 1. The number of halogens is 1. The Morgan fingerprint density at radius 1 is 1.18 bits per heavy atom. The Bertz CT molecular complexity index is 807. The average molecular weight is 401 g/mol. The van der Waals surface area contributed by atoms with Gasteiger partial charge in [-0.3, -0.25) is 14.6 Å². The standard InChI is InChI=1S/C21H25ClN4O2/c1-17(13-20-3-2-12-28-20)14-23-24-21(27)16-26-10-8-25(9-11-26)15-18-4-6-19(22)7-5-18/h2-7,12-14H,8-11,15-16H2,1H3,(H,24,27)/b17-13+,23-14?. The van der Waals surface area contributed by atoms with Gasteiger partial charge in [-0.05, 0) is 48.4 Å². The fraction of sp³-hybridized carbons (Fsp3) is 0.333. The number of nitrogens with one attached hydrogen (secondary N) is 1. The van der Waals surface area contributed by atoms with E-state index in [1.54, 1.807) is 12.5 Å². The summed E-state index contributed by atoms with van der Waals surface area (Å²) in [6.45, 7) is 6.76. The summed E-state index contributed by atoms with van der Waals surface area (Å²) in [5.41, 5.74) is 4.74. The van der Waals surface area contributed by atoms with Crippen LogP contribution in [0, 0.1) is 0 Å². The molecule has 1 aromatic carbocycles. The van der Waals surface area contributed by atoms with Crippen LogP contribution in [0.5, 0.6) is 0 Å². The Hall–Kier alpha value is -2.41. The molecule has 7 heteroatoms. The molecule has 148 valence electrons. The summed E-state index contributed by atoms with van der Waals surface area (Å²) in [6.07, 6.45) is 5.09. The van der Waals surface area contributed by atoms with Crippen molar-refractivity contribution in [3.05, 3.63) is 64.6 Å². The van der Waals surface area contributed by atoms with E-state index < -0.39 is 0 Å². The third-order valence-corrected chi connectivity index (χ3v) is 4.77.